The summed E-state index contributed by atoms with van der Waals surface area (Å²) in [5.41, 5.74) is 2.64. The Morgan fingerprint density at radius 1 is 0.900 bits per heavy atom. The maximum atomic E-state index is 5.37. The first-order valence-electron chi connectivity index (χ1n) is 7.25. The van der Waals surface area contributed by atoms with Crippen molar-refractivity contribution < 1.29 is 4.74 Å². The van der Waals surface area contributed by atoms with Crippen molar-refractivity contribution >= 4 is 0 Å². The number of ether oxygens (including phenoxy) is 1. The minimum atomic E-state index is 0.264. The van der Waals surface area contributed by atoms with E-state index in [0.29, 0.717) is 12.1 Å². The quantitative estimate of drug-likeness (QED) is 0.894. The highest BCUT2D eigenvalue weighted by atomic mass is 16.5. The largest absolute Gasteiger partial charge is 0.381 e. The van der Waals surface area contributed by atoms with Crippen LogP contribution >= 0.6 is 0 Å². The van der Waals surface area contributed by atoms with Gasteiger partial charge in [0.1, 0.15) is 0 Å². The van der Waals surface area contributed by atoms with Gasteiger partial charge in [0.25, 0.3) is 0 Å². The number of hydrogen-bond acceptors (Lipinski definition) is 2. The van der Waals surface area contributed by atoms with Crippen LogP contribution in [-0.4, -0.2) is 19.3 Å². The number of methoxy groups -OCH3 is 1. The Morgan fingerprint density at radius 3 is 1.85 bits per heavy atom. The maximum absolute atomic E-state index is 5.37. The van der Waals surface area contributed by atoms with Gasteiger partial charge in [0, 0.05) is 13.2 Å². The molecule has 1 fully saturated rings. The van der Waals surface area contributed by atoms with Crippen molar-refractivity contribution in [3.8, 4) is 0 Å². The zero-order valence-electron chi connectivity index (χ0n) is 11.8. The molecule has 0 heterocycles. The molecule has 0 unspecified atom stereocenters. The summed E-state index contributed by atoms with van der Waals surface area (Å²) in [5.74, 6) is 0. The van der Waals surface area contributed by atoms with Gasteiger partial charge in [-0.1, -0.05) is 60.7 Å². The fourth-order valence-corrected chi connectivity index (χ4v) is 2.81. The summed E-state index contributed by atoms with van der Waals surface area (Å²) in [7, 11) is 1.80. The van der Waals surface area contributed by atoms with E-state index in [1.54, 1.807) is 7.11 Å². The molecule has 0 radical (unpaired) electrons. The molecule has 1 aliphatic carbocycles. The Morgan fingerprint density at radius 2 is 1.40 bits per heavy atom. The SMILES string of the molecule is COC1CC(NC(c2ccccc2)c2ccccc2)C1. The topological polar surface area (TPSA) is 21.3 Å². The monoisotopic (exact) mass is 267 g/mol. The first-order valence-corrected chi connectivity index (χ1v) is 7.25. The van der Waals surface area contributed by atoms with E-state index in [0.717, 1.165) is 12.8 Å². The molecular weight excluding hydrogens is 246 g/mol. The first kappa shape index (κ1) is 13.3. The molecule has 2 aromatic carbocycles. The molecule has 0 atom stereocenters. The van der Waals surface area contributed by atoms with Crippen LogP contribution in [0.5, 0.6) is 0 Å². The number of rotatable bonds is 5. The number of benzene rings is 2. The van der Waals surface area contributed by atoms with Gasteiger partial charge in [0.2, 0.25) is 0 Å². The van der Waals surface area contributed by atoms with Crippen molar-refractivity contribution in [3.63, 3.8) is 0 Å². The third kappa shape index (κ3) is 2.92. The van der Waals surface area contributed by atoms with E-state index in [1.165, 1.54) is 11.1 Å². The lowest BCUT2D eigenvalue weighted by Crippen LogP contribution is -2.46. The van der Waals surface area contributed by atoms with Gasteiger partial charge in [-0.25, -0.2) is 0 Å². The molecular formula is C18H21NO. The second-order valence-electron chi connectivity index (χ2n) is 5.45. The van der Waals surface area contributed by atoms with Gasteiger partial charge in [-0.05, 0) is 24.0 Å². The summed E-state index contributed by atoms with van der Waals surface area (Å²) in [5, 5.41) is 3.77. The Balaban J connectivity index is 1.78. The summed E-state index contributed by atoms with van der Waals surface area (Å²) >= 11 is 0. The summed E-state index contributed by atoms with van der Waals surface area (Å²) in [6.07, 6.45) is 2.64. The van der Waals surface area contributed by atoms with E-state index < -0.39 is 0 Å². The fraction of sp³-hybridized carbons (Fsp3) is 0.333. The first-order chi connectivity index (χ1) is 9.86. The summed E-state index contributed by atoms with van der Waals surface area (Å²) in [6, 6.07) is 22.1. The standard InChI is InChI=1S/C18H21NO/c1-20-17-12-16(13-17)19-18(14-8-4-2-5-9-14)15-10-6-3-7-11-15/h2-11,16-19H,12-13H2,1H3. The molecule has 0 aromatic heterocycles. The van der Waals surface area contributed by atoms with Crippen LogP contribution in [0.1, 0.15) is 30.0 Å². The van der Waals surface area contributed by atoms with Crippen LogP contribution in [0.3, 0.4) is 0 Å². The zero-order chi connectivity index (χ0) is 13.8. The van der Waals surface area contributed by atoms with Crippen LogP contribution in [0.2, 0.25) is 0 Å². The van der Waals surface area contributed by atoms with Crippen LogP contribution < -0.4 is 5.32 Å². The lowest BCUT2D eigenvalue weighted by atomic mass is 9.87. The van der Waals surface area contributed by atoms with Gasteiger partial charge >= 0.3 is 0 Å². The van der Waals surface area contributed by atoms with Crippen molar-refractivity contribution in [2.45, 2.75) is 31.0 Å². The van der Waals surface area contributed by atoms with Gasteiger partial charge in [-0.15, -0.1) is 0 Å². The Labute approximate surface area is 120 Å². The smallest absolute Gasteiger partial charge is 0.0601 e. The number of hydrogen-bond donors (Lipinski definition) is 1. The summed E-state index contributed by atoms with van der Waals surface area (Å²) in [6.45, 7) is 0. The molecule has 0 saturated heterocycles. The predicted molar refractivity (Wildman–Crippen MR) is 81.7 cm³/mol. The highest BCUT2D eigenvalue weighted by molar-refractivity contribution is 5.31. The molecule has 0 aliphatic heterocycles. The van der Waals surface area contributed by atoms with Gasteiger partial charge in [0.05, 0.1) is 12.1 Å². The second kappa shape index (κ2) is 6.21. The van der Waals surface area contributed by atoms with Gasteiger partial charge in [-0.2, -0.15) is 0 Å². The van der Waals surface area contributed by atoms with E-state index >= 15 is 0 Å². The van der Waals surface area contributed by atoms with Crippen molar-refractivity contribution in [2.24, 2.45) is 0 Å². The Hall–Kier alpha value is -1.64. The molecule has 2 aromatic rings. The van der Waals surface area contributed by atoms with Crippen LogP contribution in [0.25, 0.3) is 0 Å². The highest BCUT2D eigenvalue weighted by Crippen LogP contribution is 2.29. The average Bonchev–Trinajstić information content (AvgIpc) is 2.48. The molecule has 1 aliphatic rings. The summed E-state index contributed by atoms with van der Waals surface area (Å²) < 4.78 is 5.37. The van der Waals surface area contributed by atoms with E-state index in [2.05, 4.69) is 66.0 Å². The van der Waals surface area contributed by atoms with E-state index in [1.807, 2.05) is 0 Å². The highest BCUT2D eigenvalue weighted by Gasteiger charge is 2.31. The molecule has 1 saturated carbocycles. The molecule has 3 rings (SSSR count). The van der Waals surface area contributed by atoms with E-state index in [9.17, 15) is 0 Å². The fourth-order valence-electron chi connectivity index (χ4n) is 2.81. The molecule has 104 valence electrons. The van der Waals surface area contributed by atoms with Crippen molar-refractivity contribution in [1.29, 1.82) is 0 Å². The second-order valence-corrected chi connectivity index (χ2v) is 5.45. The van der Waals surface area contributed by atoms with Crippen molar-refractivity contribution in [2.75, 3.05) is 7.11 Å². The van der Waals surface area contributed by atoms with Crippen LogP contribution in [-0.2, 0) is 4.74 Å². The molecule has 0 amide bonds. The van der Waals surface area contributed by atoms with Gasteiger partial charge in [0.15, 0.2) is 0 Å². The molecule has 2 nitrogen and oxygen atoms in total. The molecule has 20 heavy (non-hydrogen) atoms. The van der Waals surface area contributed by atoms with Crippen LogP contribution in [0.15, 0.2) is 60.7 Å². The van der Waals surface area contributed by atoms with Crippen molar-refractivity contribution in [1.82, 2.24) is 5.32 Å². The summed E-state index contributed by atoms with van der Waals surface area (Å²) in [4.78, 5) is 0. The van der Waals surface area contributed by atoms with E-state index in [4.69, 9.17) is 4.74 Å². The minimum Gasteiger partial charge on any atom is -0.381 e. The lowest BCUT2D eigenvalue weighted by molar-refractivity contribution is 0.0154. The molecule has 2 heteroatoms. The zero-order valence-corrected chi connectivity index (χ0v) is 11.8. The molecule has 1 N–H and O–H groups in total. The third-order valence-electron chi connectivity index (χ3n) is 4.10. The number of nitrogens with one attached hydrogen (secondary N) is 1. The molecule has 0 spiro atoms. The van der Waals surface area contributed by atoms with Gasteiger partial charge < -0.3 is 10.1 Å². The predicted octanol–water partition coefficient (Wildman–Crippen LogP) is 3.54. The lowest BCUT2D eigenvalue weighted by Gasteiger charge is -2.37. The van der Waals surface area contributed by atoms with Crippen LogP contribution in [0.4, 0.5) is 0 Å². The van der Waals surface area contributed by atoms with E-state index in [-0.39, 0.29) is 6.04 Å². The van der Waals surface area contributed by atoms with Crippen LogP contribution in [0, 0.1) is 0 Å². The normalized spacial score (nSPS) is 21.7. The average molecular weight is 267 g/mol. The van der Waals surface area contributed by atoms with Gasteiger partial charge in [-0.3, -0.25) is 0 Å². The molecule has 0 bridgehead atoms. The van der Waals surface area contributed by atoms with Crippen molar-refractivity contribution in [3.05, 3.63) is 71.8 Å². The maximum Gasteiger partial charge on any atom is 0.0601 e. The Bertz CT molecular complexity index is 480. The Kier molecular flexibility index (Phi) is 4.14. The minimum absolute atomic E-state index is 0.264. The third-order valence-corrected chi connectivity index (χ3v) is 4.10.